The van der Waals surface area contributed by atoms with Crippen LogP contribution in [0.2, 0.25) is 0 Å². The maximum absolute atomic E-state index is 13.5. The molecule has 3 unspecified atom stereocenters. The van der Waals surface area contributed by atoms with Crippen molar-refractivity contribution in [2.45, 2.75) is 33.3 Å². The molecule has 188 valence electrons. The number of para-hydroxylation sites is 1. The second kappa shape index (κ2) is 11.2. The van der Waals surface area contributed by atoms with E-state index in [0.29, 0.717) is 17.1 Å². The molecule has 0 spiro atoms. The molecule has 37 heavy (non-hydrogen) atoms. The van der Waals surface area contributed by atoms with Gasteiger partial charge in [0.25, 0.3) is 0 Å². The van der Waals surface area contributed by atoms with Gasteiger partial charge < -0.3 is 15.4 Å². The molecule has 0 radical (unpaired) electrons. The van der Waals surface area contributed by atoms with Crippen LogP contribution in [0.25, 0.3) is 0 Å². The van der Waals surface area contributed by atoms with Crippen molar-refractivity contribution in [2.24, 2.45) is 0 Å². The number of hydrogen-bond acceptors (Lipinski definition) is 5. The van der Waals surface area contributed by atoms with Crippen molar-refractivity contribution in [2.75, 3.05) is 22.6 Å². The summed E-state index contributed by atoms with van der Waals surface area (Å²) in [6.45, 7) is 1.86. The number of ether oxygens (including phenoxy) is 1. The second-order valence-corrected chi connectivity index (χ2v) is 11.3. The van der Waals surface area contributed by atoms with Crippen LogP contribution in [0.15, 0.2) is 107 Å². The first-order valence-corrected chi connectivity index (χ1v) is 13.7. The Morgan fingerprint density at radius 3 is 2.54 bits per heavy atom. The van der Waals surface area contributed by atoms with Crippen LogP contribution < -0.4 is 20.3 Å². The summed E-state index contributed by atoms with van der Waals surface area (Å²) in [5.74, 6) is 0.570. The van der Waals surface area contributed by atoms with Gasteiger partial charge in [0.1, 0.15) is 5.75 Å². The van der Waals surface area contributed by atoms with Gasteiger partial charge in [-0.15, -0.1) is 23.5 Å². The summed E-state index contributed by atoms with van der Waals surface area (Å²) >= 11 is 3.21. The van der Waals surface area contributed by atoms with Crippen molar-refractivity contribution in [3.8, 4) is 5.75 Å². The summed E-state index contributed by atoms with van der Waals surface area (Å²) in [6.07, 6.45) is 8.23. The number of nitrogens with one attached hydrogen (secondary N) is 2. The zero-order valence-electron chi connectivity index (χ0n) is 20.5. The van der Waals surface area contributed by atoms with Crippen molar-refractivity contribution >= 4 is 52.5 Å². The van der Waals surface area contributed by atoms with E-state index in [-0.39, 0.29) is 28.5 Å². The standard InChI is InChI=1S/C29H27N3O3S2/c1-19(28(33)30-20-9-7-11-22(17-20)35-2)36-23-12-8-10-21(18-23)31-29(34)32-24-13-3-5-15-26(24)37-27-16-6-4-14-25(27)32/h3-19,24,26H,1-2H3,(H,30,33)(H,31,34). The van der Waals surface area contributed by atoms with Crippen molar-refractivity contribution in [1.29, 1.82) is 0 Å². The summed E-state index contributed by atoms with van der Waals surface area (Å²) < 4.78 is 5.23. The molecule has 0 saturated carbocycles. The summed E-state index contributed by atoms with van der Waals surface area (Å²) in [7, 11) is 1.59. The van der Waals surface area contributed by atoms with Gasteiger partial charge in [-0.1, -0.05) is 48.6 Å². The van der Waals surface area contributed by atoms with E-state index in [9.17, 15) is 9.59 Å². The van der Waals surface area contributed by atoms with Crippen LogP contribution in [0.1, 0.15) is 6.92 Å². The largest absolute Gasteiger partial charge is 0.497 e. The molecule has 6 nitrogen and oxygen atoms in total. The molecule has 3 amide bonds. The highest BCUT2D eigenvalue weighted by Gasteiger charge is 2.36. The average molecular weight is 530 g/mol. The quantitative estimate of drug-likeness (QED) is 0.343. The van der Waals surface area contributed by atoms with Gasteiger partial charge in [0.15, 0.2) is 0 Å². The number of allylic oxidation sites excluding steroid dienone is 2. The second-order valence-electron chi connectivity index (χ2n) is 8.62. The number of carbonyl (C=O) groups is 2. The van der Waals surface area contributed by atoms with Crippen molar-refractivity contribution in [1.82, 2.24) is 0 Å². The minimum Gasteiger partial charge on any atom is -0.497 e. The maximum atomic E-state index is 13.5. The topological polar surface area (TPSA) is 70.7 Å². The summed E-state index contributed by atoms with van der Waals surface area (Å²) in [6, 6.07) is 22.6. The monoisotopic (exact) mass is 529 g/mol. The molecule has 5 rings (SSSR count). The summed E-state index contributed by atoms with van der Waals surface area (Å²) in [4.78, 5) is 30.1. The third-order valence-electron chi connectivity index (χ3n) is 6.07. The molecule has 0 aromatic heterocycles. The lowest BCUT2D eigenvalue weighted by Crippen LogP contribution is -2.49. The van der Waals surface area contributed by atoms with Crippen LogP contribution >= 0.6 is 23.5 Å². The number of fused-ring (bicyclic) bond motifs is 2. The molecule has 1 aliphatic carbocycles. The number of thioether (sulfide) groups is 2. The Morgan fingerprint density at radius 2 is 1.70 bits per heavy atom. The normalized spacial score (nSPS) is 18.4. The predicted octanol–water partition coefficient (Wildman–Crippen LogP) is 6.82. The van der Waals surface area contributed by atoms with Crippen molar-refractivity contribution < 1.29 is 14.3 Å². The van der Waals surface area contributed by atoms with Crippen molar-refractivity contribution in [3.05, 3.63) is 97.1 Å². The number of rotatable bonds is 6. The minimum atomic E-state index is -0.344. The highest BCUT2D eigenvalue weighted by atomic mass is 32.2. The van der Waals surface area contributed by atoms with E-state index in [4.69, 9.17) is 4.74 Å². The first-order chi connectivity index (χ1) is 18.0. The number of anilines is 3. The Morgan fingerprint density at radius 1 is 0.946 bits per heavy atom. The lowest BCUT2D eigenvalue weighted by molar-refractivity contribution is -0.115. The average Bonchev–Trinajstić information content (AvgIpc) is 2.91. The van der Waals surface area contributed by atoms with Crippen LogP contribution in [-0.4, -0.2) is 35.6 Å². The van der Waals surface area contributed by atoms with E-state index in [0.717, 1.165) is 15.5 Å². The smallest absolute Gasteiger partial charge is 0.326 e. The van der Waals surface area contributed by atoms with Crippen LogP contribution in [-0.2, 0) is 4.79 Å². The summed E-state index contributed by atoms with van der Waals surface area (Å²) in [5, 5.41) is 5.82. The molecular formula is C29H27N3O3S2. The number of amides is 3. The van der Waals surface area contributed by atoms with Gasteiger partial charge in [-0.25, -0.2) is 4.79 Å². The van der Waals surface area contributed by atoms with Gasteiger partial charge in [-0.2, -0.15) is 0 Å². The Hall–Kier alpha value is -3.62. The molecule has 2 N–H and O–H groups in total. The third-order valence-corrected chi connectivity index (χ3v) is 8.47. The van der Waals surface area contributed by atoms with E-state index in [1.165, 1.54) is 11.8 Å². The Balaban J connectivity index is 1.28. The fourth-order valence-corrected chi connectivity index (χ4v) is 6.44. The van der Waals surface area contributed by atoms with Gasteiger partial charge in [0.2, 0.25) is 5.91 Å². The van der Waals surface area contributed by atoms with E-state index in [1.54, 1.807) is 24.9 Å². The molecule has 3 aromatic carbocycles. The first kappa shape index (κ1) is 25.0. The van der Waals surface area contributed by atoms with E-state index in [1.807, 2.05) is 84.6 Å². The molecule has 1 aliphatic heterocycles. The van der Waals surface area contributed by atoms with Gasteiger partial charge in [0, 0.05) is 27.2 Å². The van der Waals surface area contributed by atoms with Gasteiger partial charge in [0.05, 0.1) is 29.3 Å². The van der Waals surface area contributed by atoms with Gasteiger partial charge in [-0.3, -0.25) is 9.69 Å². The lowest BCUT2D eigenvalue weighted by atomic mass is 10.1. The van der Waals surface area contributed by atoms with E-state index < -0.39 is 0 Å². The van der Waals surface area contributed by atoms with E-state index >= 15 is 0 Å². The molecule has 0 fully saturated rings. The van der Waals surface area contributed by atoms with E-state index in [2.05, 4.69) is 28.9 Å². The van der Waals surface area contributed by atoms with Crippen LogP contribution in [0.4, 0.5) is 21.9 Å². The van der Waals surface area contributed by atoms with Gasteiger partial charge >= 0.3 is 6.03 Å². The Labute approximate surface area is 225 Å². The molecule has 3 atom stereocenters. The molecule has 0 saturated heterocycles. The number of benzene rings is 3. The van der Waals surface area contributed by atoms with Crippen LogP contribution in [0.3, 0.4) is 0 Å². The first-order valence-electron chi connectivity index (χ1n) is 11.9. The highest BCUT2D eigenvalue weighted by Crippen LogP contribution is 2.43. The molecule has 1 heterocycles. The third kappa shape index (κ3) is 5.70. The van der Waals surface area contributed by atoms with Crippen molar-refractivity contribution in [3.63, 3.8) is 0 Å². The maximum Gasteiger partial charge on any atom is 0.326 e. The SMILES string of the molecule is COc1cccc(NC(=O)C(C)Sc2cccc(NC(=O)N3c4ccccc4SC4C=CC=CC43)c2)c1. The zero-order chi connectivity index (χ0) is 25.8. The van der Waals surface area contributed by atoms with Crippen LogP contribution in [0.5, 0.6) is 5.75 Å². The molecule has 3 aromatic rings. The Bertz CT molecular complexity index is 1370. The molecule has 2 aliphatic rings. The fraction of sp³-hybridized carbons (Fsp3) is 0.172. The summed E-state index contributed by atoms with van der Waals surface area (Å²) in [5.41, 5.74) is 2.26. The predicted molar refractivity (Wildman–Crippen MR) is 153 cm³/mol. The van der Waals surface area contributed by atoms with Gasteiger partial charge in [-0.05, 0) is 49.4 Å². The zero-order valence-corrected chi connectivity index (χ0v) is 22.1. The highest BCUT2D eigenvalue weighted by molar-refractivity contribution is 8.00. The molecule has 0 bridgehead atoms. The van der Waals surface area contributed by atoms with Crippen LogP contribution in [0, 0.1) is 0 Å². The number of hydrogen-bond donors (Lipinski definition) is 2. The number of nitrogens with zero attached hydrogens (tertiary/aromatic N) is 1. The number of methoxy groups -OCH3 is 1. The molecular weight excluding hydrogens is 502 g/mol. The number of carbonyl (C=O) groups excluding carboxylic acids is 2. The fourth-order valence-electron chi connectivity index (χ4n) is 4.26. The number of urea groups is 1. The lowest BCUT2D eigenvalue weighted by Gasteiger charge is -2.40. The Kier molecular flexibility index (Phi) is 7.58. The minimum absolute atomic E-state index is 0.0669. The molecule has 8 heteroatoms.